The molecule has 92 valence electrons. The van der Waals surface area contributed by atoms with Gasteiger partial charge in [-0.2, -0.15) is 0 Å². The molecular formula is C14H13NO3. The van der Waals surface area contributed by atoms with Gasteiger partial charge in [0.25, 0.3) is 0 Å². The lowest BCUT2D eigenvalue weighted by Crippen LogP contribution is -2.39. The zero-order valence-electron chi connectivity index (χ0n) is 10.1. The minimum atomic E-state index is -1.10. The van der Waals surface area contributed by atoms with E-state index in [2.05, 4.69) is 10.9 Å². The molecule has 18 heavy (non-hydrogen) atoms. The summed E-state index contributed by atoms with van der Waals surface area (Å²) in [5.41, 5.74) is -0.283. The Bertz CT molecular complexity index is 516. The topological polar surface area (TPSA) is 47.9 Å². The van der Waals surface area contributed by atoms with Gasteiger partial charge in [-0.05, 0) is 12.1 Å². The highest BCUT2D eigenvalue weighted by Crippen LogP contribution is 2.26. The summed E-state index contributed by atoms with van der Waals surface area (Å²) >= 11 is 0. The molecule has 1 aliphatic rings. The summed E-state index contributed by atoms with van der Waals surface area (Å²) < 4.78 is 10.2. The minimum Gasteiger partial charge on any atom is -0.474 e. The molecule has 1 heterocycles. The van der Waals surface area contributed by atoms with Crippen LogP contribution >= 0.6 is 0 Å². The second kappa shape index (κ2) is 4.92. The summed E-state index contributed by atoms with van der Waals surface area (Å²) in [6.45, 7) is 0.119. The van der Waals surface area contributed by atoms with Crippen LogP contribution in [0.5, 0.6) is 0 Å². The molecule has 0 aliphatic carbocycles. The summed E-state index contributed by atoms with van der Waals surface area (Å²) in [7, 11) is 1.32. The molecule has 0 amide bonds. The van der Waals surface area contributed by atoms with Gasteiger partial charge >= 0.3 is 5.97 Å². The summed E-state index contributed by atoms with van der Waals surface area (Å²) in [6.07, 6.45) is 5.45. The number of methoxy groups -OCH3 is 1. The Labute approximate surface area is 106 Å². The largest absolute Gasteiger partial charge is 0.474 e. The fourth-order valence-electron chi connectivity index (χ4n) is 1.80. The number of ether oxygens (including phenoxy) is 2. The van der Waals surface area contributed by atoms with Crippen LogP contribution in [0.25, 0.3) is 0 Å². The van der Waals surface area contributed by atoms with Crippen molar-refractivity contribution in [2.45, 2.75) is 12.0 Å². The van der Waals surface area contributed by atoms with Crippen molar-refractivity contribution in [2.75, 3.05) is 13.7 Å². The number of esters is 1. The molecule has 1 aromatic rings. The fraction of sp³-hybridized carbons (Fsp3) is 0.286. The van der Waals surface area contributed by atoms with Crippen LogP contribution in [0.4, 0.5) is 0 Å². The van der Waals surface area contributed by atoms with Gasteiger partial charge in [0.05, 0.1) is 7.11 Å². The number of rotatable bonds is 3. The zero-order chi connectivity index (χ0) is 13.0. The average molecular weight is 243 g/mol. The molecule has 0 aromatic heterocycles. The monoisotopic (exact) mass is 243 g/mol. The smallest absolute Gasteiger partial charge is 0.338 e. The SMILES string of the molecule is C#CC[C@@]1(C(=O)OC)COC(c2ccccc2)=N1. The summed E-state index contributed by atoms with van der Waals surface area (Å²) in [5, 5.41) is 0. The number of carbonyl (C=O) groups excluding carboxylic acids is 1. The second-order valence-corrected chi connectivity index (χ2v) is 3.98. The Morgan fingerprint density at radius 2 is 2.28 bits per heavy atom. The van der Waals surface area contributed by atoms with E-state index in [1.54, 1.807) is 0 Å². The molecule has 0 fully saturated rings. The Morgan fingerprint density at radius 3 is 2.89 bits per heavy atom. The maximum absolute atomic E-state index is 11.8. The first kappa shape index (κ1) is 12.2. The Kier molecular flexibility index (Phi) is 3.33. The summed E-state index contributed by atoms with van der Waals surface area (Å²) in [6, 6.07) is 9.37. The molecule has 0 N–H and O–H groups in total. The third-order valence-electron chi connectivity index (χ3n) is 2.74. The molecule has 0 bridgehead atoms. The maximum atomic E-state index is 11.8. The first-order chi connectivity index (χ1) is 8.72. The molecule has 4 nitrogen and oxygen atoms in total. The number of carbonyl (C=O) groups is 1. The lowest BCUT2D eigenvalue weighted by molar-refractivity contribution is -0.147. The van der Waals surface area contributed by atoms with Crippen LogP contribution in [0.15, 0.2) is 35.3 Å². The molecule has 0 spiro atoms. The number of hydrogen-bond acceptors (Lipinski definition) is 4. The minimum absolute atomic E-state index is 0.119. The van der Waals surface area contributed by atoms with Gasteiger partial charge in [-0.1, -0.05) is 18.2 Å². The number of nitrogens with zero attached hydrogens (tertiary/aromatic N) is 1. The number of aliphatic imine (C=N–C) groups is 1. The number of benzene rings is 1. The van der Waals surface area contributed by atoms with Crippen LogP contribution in [0.1, 0.15) is 12.0 Å². The van der Waals surface area contributed by atoms with E-state index in [4.69, 9.17) is 15.9 Å². The average Bonchev–Trinajstić information content (AvgIpc) is 2.85. The lowest BCUT2D eigenvalue weighted by Gasteiger charge is -2.17. The van der Waals surface area contributed by atoms with E-state index in [0.29, 0.717) is 5.90 Å². The molecular weight excluding hydrogens is 230 g/mol. The van der Waals surface area contributed by atoms with E-state index < -0.39 is 11.5 Å². The molecule has 0 unspecified atom stereocenters. The fourth-order valence-corrected chi connectivity index (χ4v) is 1.80. The van der Waals surface area contributed by atoms with E-state index in [-0.39, 0.29) is 13.0 Å². The standard InChI is InChI=1S/C14H13NO3/c1-3-9-14(13(16)17-2)10-18-12(15-14)11-7-5-4-6-8-11/h1,4-8H,9-10H2,2H3/t14-/m0/s1. The van der Waals surface area contributed by atoms with E-state index in [1.165, 1.54) is 7.11 Å². The Hall–Kier alpha value is -2.28. The van der Waals surface area contributed by atoms with Gasteiger partial charge in [0.2, 0.25) is 11.4 Å². The van der Waals surface area contributed by atoms with Crippen molar-refractivity contribution < 1.29 is 14.3 Å². The maximum Gasteiger partial charge on any atom is 0.338 e. The first-order valence-corrected chi connectivity index (χ1v) is 5.52. The van der Waals surface area contributed by atoms with Gasteiger partial charge in [-0.15, -0.1) is 12.3 Å². The molecule has 0 saturated heterocycles. The summed E-state index contributed by atoms with van der Waals surface area (Å²) in [4.78, 5) is 16.1. The van der Waals surface area contributed by atoms with Crippen LogP contribution in [0.2, 0.25) is 0 Å². The van der Waals surface area contributed by atoms with Crippen molar-refractivity contribution in [1.82, 2.24) is 0 Å². The first-order valence-electron chi connectivity index (χ1n) is 5.52. The number of hydrogen-bond donors (Lipinski definition) is 0. The van der Waals surface area contributed by atoms with Crippen molar-refractivity contribution in [2.24, 2.45) is 4.99 Å². The highest BCUT2D eigenvalue weighted by atomic mass is 16.5. The molecule has 1 aromatic carbocycles. The van der Waals surface area contributed by atoms with Crippen LogP contribution in [-0.2, 0) is 14.3 Å². The molecule has 2 rings (SSSR count). The lowest BCUT2D eigenvalue weighted by atomic mass is 9.98. The highest BCUT2D eigenvalue weighted by Gasteiger charge is 2.44. The van der Waals surface area contributed by atoms with Gasteiger partial charge in [0, 0.05) is 12.0 Å². The summed E-state index contributed by atoms with van der Waals surface area (Å²) in [5.74, 6) is 2.41. The van der Waals surface area contributed by atoms with Gasteiger partial charge in [0.15, 0.2) is 0 Å². The van der Waals surface area contributed by atoms with Crippen LogP contribution in [0.3, 0.4) is 0 Å². The predicted octanol–water partition coefficient (Wildman–Crippen LogP) is 1.40. The molecule has 0 radical (unpaired) electrons. The quantitative estimate of drug-likeness (QED) is 0.595. The van der Waals surface area contributed by atoms with Gasteiger partial charge < -0.3 is 9.47 Å². The van der Waals surface area contributed by atoms with Crippen LogP contribution in [0, 0.1) is 12.3 Å². The molecule has 1 atom stereocenters. The van der Waals surface area contributed by atoms with Crippen LogP contribution < -0.4 is 0 Å². The third-order valence-corrected chi connectivity index (χ3v) is 2.74. The van der Waals surface area contributed by atoms with Gasteiger partial charge in [0.1, 0.15) is 6.61 Å². The Balaban J connectivity index is 2.35. The molecule has 1 aliphatic heterocycles. The molecule has 0 saturated carbocycles. The predicted molar refractivity (Wildman–Crippen MR) is 67.1 cm³/mol. The van der Waals surface area contributed by atoms with Crippen LogP contribution in [-0.4, -0.2) is 31.1 Å². The van der Waals surface area contributed by atoms with Crippen molar-refractivity contribution >= 4 is 11.9 Å². The zero-order valence-corrected chi connectivity index (χ0v) is 10.1. The van der Waals surface area contributed by atoms with E-state index >= 15 is 0 Å². The van der Waals surface area contributed by atoms with Gasteiger partial charge in [-0.25, -0.2) is 9.79 Å². The van der Waals surface area contributed by atoms with Crippen molar-refractivity contribution in [1.29, 1.82) is 0 Å². The van der Waals surface area contributed by atoms with Crippen molar-refractivity contribution in [3.8, 4) is 12.3 Å². The van der Waals surface area contributed by atoms with Gasteiger partial charge in [-0.3, -0.25) is 0 Å². The Morgan fingerprint density at radius 1 is 1.56 bits per heavy atom. The van der Waals surface area contributed by atoms with E-state index in [9.17, 15) is 4.79 Å². The van der Waals surface area contributed by atoms with E-state index in [0.717, 1.165) is 5.56 Å². The molecule has 4 heteroatoms. The normalized spacial score (nSPS) is 21.7. The van der Waals surface area contributed by atoms with Crippen molar-refractivity contribution in [3.05, 3.63) is 35.9 Å². The second-order valence-electron chi connectivity index (χ2n) is 3.98. The van der Waals surface area contributed by atoms with E-state index in [1.807, 2.05) is 30.3 Å². The number of terminal acetylenes is 1. The highest BCUT2D eigenvalue weighted by molar-refractivity contribution is 5.99. The van der Waals surface area contributed by atoms with Crippen molar-refractivity contribution in [3.63, 3.8) is 0 Å². The third kappa shape index (κ3) is 2.07.